The van der Waals surface area contributed by atoms with Crippen molar-refractivity contribution in [3.63, 3.8) is 0 Å². The Morgan fingerprint density at radius 1 is 1.19 bits per heavy atom. The summed E-state index contributed by atoms with van der Waals surface area (Å²) in [7, 11) is 4.28. The first kappa shape index (κ1) is 13.9. The zero-order valence-corrected chi connectivity index (χ0v) is 11.5. The lowest BCUT2D eigenvalue weighted by Crippen LogP contribution is -2.55. The maximum Gasteiger partial charge on any atom is 0.0332 e. The van der Waals surface area contributed by atoms with Crippen LogP contribution in [0, 0.1) is 5.92 Å². The van der Waals surface area contributed by atoms with Crippen LogP contribution in [-0.2, 0) is 0 Å². The molecule has 16 heavy (non-hydrogen) atoms. The Morgan fingerprint density at radius 2 is 1.81 bits per heavy atom. The third kappa shape index (κ3) is 3.44. The Morgan fingerprint density at radius 3 is 2.19 bits per heavy atom. The molecule has 96 valence electrons. The highest BCUT2D eigenvalue weighted by atomic mass is 15.2. The first-order valence-electron chi connectivity index (χ1n) is 6.64. The van der Waals surface area contributed by atoms with Crippen molar-refractivity contribution in [1.29, 1.82) is 0 Å². The summed E-state index contributed by atoms with van der Waals surface area (Å²) < 4.78 is 0. The SMILES string of the molecule is CCCN(CCN(C)C)C(C)(CN)C1CC1. The molecule has 0 aromatic heterocycles. The molecule has 0 saturated heterocycles. The molecule has 1 atom stereocenters. The Kier molecular flexibility index (Phi) is 5.22. The molecule has 0 aromatic rings. The summed E-state index contributed by atoms with van der Waals surface area (Å²) in [5, 5.41) is 0. The van der Waals surface area contributed by atoms with Crippen molar-refractivity contribution in [1.82, 2.24) is 9.80 Å². The maximum atomic E-state index is 6.03. The number of hydrogen-bond donors (Lipinski definition) is 1. The van der Waals surface area contributed by atoms with Crippen molar-refractivity contribution >= 4 is 0 Å². The molecule has 2 N–H and O–H groups in total. The van der Waals surface area contributed by atoms with E-state index in [0.717, 1.165) is 25.6 Å². The minimum absolute atomic E-state index is 0.242. The van der Waals surface area contributed by atoms with Crippen LogP contribution in [-0.4, -0.2) is 55.6 Å². The molecule has 0 aromatic carbocycles. The van der Waals surface area contributed by atoms with Gasteiger partial charge in [-0.2, -0.15) is 0 Å². The van der Waals surface area contributed by atoms with E-state index < -0.39 is 0 Å². The molecular formula is C13H29N3. The van der Waals surface area contributed by atoms with E-state index in [1.807, 2.05) is 0 Å². The Bertz CT molecular complexity index is 201. The lowest BCUT2D eigenvalue weighted by Gasteiger charge is -2.41. The Labute approximate surface area is 101 Å². The van der Waals surface area contributed by atoms with Crippen LogP contribution in [0.2, 0.25) is 0 Å². The van der Waals surface area contributed by atoms with Crippen LogP contribution < -0.4 is 5.73 Å². The molecule has 0 bridgehead atoms. The van der Waals surface area contributed by atoms with Gasteiger partial charge < -0.3 is 10.6 Å². The second-order valence-corrected chi connectivity index (χ2v) is 5.63. The first-order valence-corrected chi connectivity index (χ1v) is 6.64. The number of nitrogens with zero attached hydrogens (tertiary/aromatic N) is 2. The van der Waals surface area contributed by atoms with Crippen LogP contribution in [0.3, 0.4) is 0 Å². The number of hydrogen-bond acceptors (Lipinski definition) is 3. The summed E-state index contributed by atoms with van der Waals surface area (Å²) in [6, 6.07) is 0. The quantitative estimate of drug-likeness (QED) is 0.680. The van der Waals surface area contributed by atoms with Gasteiger partial charge in [-0.05, 0) is 52.7 Å². The molecule has 1 aliphatic carbocycles. The summed E-state index contributed by atoms with van der Waals surface area (Å²) in [6.07, 6.45) is 3.96. The van der Waals surface area contributed by atoms with Crippen molar-refractivity contribution in [2.24, 2.45) is 11.7 Å². The molecule has 0 radical (unpaired) electrons. The molecule has 1 fully saturated rings. The topological polar surface area (TPSA) is 32.5 Å². The van der Waals surface area contributed by atoms with E-state index in [2.05, 4.69) is 37.7 Å². The van der Waals surface area contributed by atoms with E-state index in [-0.39, 0.29) is 5.54 Å². The Hall–Kier alpha value is -0.120. The monoisotopic (exact) mass is 227 g/mol. The van der Waals surface area contributed by atoms with E-state index in [1.54, 1.807) is 0 Å². The first-order chi connectivity index (χ1) is 7.54. The fourth-order valence-corrected chi connectivity index (χ4v) is 2.47. The van der Waals surface area contributed by atoms with Gasteiger partial charge in [0.05, 0.1) is 0 Å². The molecule has 3 heteroatoms. The maximum absolute atomic E-state index is 6.03. The molecule has 1 saturated carbocycles. The summed E-state index contributed by atoms with van der Waals surface area (Å²) in [5.74, 6) is 0.839. The molecule has 0 spiro atoms. The summed E-state index contributed by atoms with van der Waals surface area (Å²) in [5.41, 5.74) is 6.27. The smallest absolute Gasteiger partial charge is 0.0332 e. The van der Waals surface area contributed by atoms with Gasteiger partial charge in [0.25, 0.3) is 0 Å². The van der Waals surface area contributed by atoms with E-state index in [4.69, 9.17) is 5.73 Å². The molecule has 1 rings (SSSR count). The highest BCUT2D eigenvalue weighted by Crippen LogP contribution is 2.42. The largest absolute Gasteiger partial charge is 0.329 e. The minimum atomic E-state index is 0.242. The fourth-order valence-electron chi connectivity index (χ4n) is 2.47. The summed E-state index contributed by atoms with van der Waals surface area (Å²) in [4.78, 5) is 4.87. The van der Waals surface area contributed by atoms with Crippen molar-refractivity contribution < 1.29 is 0 Å². The van der Waals surface area contributed by atoms with Gasteiger partial charge in [-0.25, -0.2) is 0 Å². The predicted octanol–water partition coefficient (Wildman–Crippen LogP) is 1.39. The lowest BCUT2D eigenvalue weighted by atomic mass is 9.93. The fraction of sp³-hybridized carbons (Fsp3) is 1.00. The third-order valence-electron chi connectivity index (χ3n) is 3.90. The van der Waals surface area contributed by atoms with E-state index in [9.17, 15) is 0 Å². The molecule has 3 nitrogen and oxygen atoms in total. The van der Waals surface area contributed by atoms with Gasteiger partial charge in [0, 0.05) is 25.2 Å². The highest BCUT2D eigenvalue weighted by molar-refractivity contribution is 5.00. The van der Waals surface area contributed by atoms with Crippen molar-refractivity contribution in [2.45, 2.75) is 38.6 Å². The molecule has 0 heterocycles. The normalized spacial score (nSPS) is 20.4. The number of rotatable bonds is 8. The van der Waals surface area contributed by atoms with E-state index in [0.29, 0.717) is 0 Å². The van der Waals surface area contributed by atoms with Gasteiger partial charge in [0.15, 0.2) is 0 Å². The van der Waals surface area contributed by atoms with Crippen LogP contribution in [0.15, 0.2) is 0 Å². The van der Waals surface area contributed by atoms with Crippen LogP contribution in [0.1, 0.15) is 33.1 Å². The third-order valence-corrected chi connectivity index (χ3v) is 3.90. The van der Waals surface area contributed by atoms with Gasteiger partial charge >= 0.3 is 0 Å². The van der Waals surface area contributed by atoms with Crippen LogP contribution in [0.4, 0.5) is 0 Å². The standard InChI is InChI=1S/C13H29N3/c1-5-8-16(10-9-15(3)4)13(2,11-14)12-6-7-12/h12H,5-11,14H2,1-4H3. The average molecular weight is 227 g/mol. The lowest BCUT2D eigenvalue weighted by molar-refractivity contribution is 0.0812. The highest BCUT2D eigenvalue weighted by Gasteiger charge is 2.44. The van der Waals surface area contributed by atoms with Crippen LogP contribution in [0.5, 0.6) is 0 Å². The molecule has 1 aliphatic rings. The van der Waals surface area contributed by atoms with E-state index in [1.165, 1.54) is 25.8 Å². The van der Waals surface area contributed by atoms with E-state index >= 15 is 0 Å². The van der Waals surface area contributed by atoms with Gasteiger partial charge in [0.1, 0.15) is 0 Å². The molecule has 1 unspecified atom stereocenters. The van der Waals surface area contributed by atoms with Gasteiger partial charge in [-0.3, -0.25) is 4.90 Å². The average Bonchev–Trinajstić information content (AvgIpc) is 3.06. The second-order valence-electron chi connectivity index (χ2n) is 5.63. The van der Waals surface area contributed by atoms with Crippen LogP contribution >= 0.6 is 0 Å². The second kappa shape index (κ2) is 5.99. The zero-order valence-electron chi connectivity index (χ0n) is 11.5. The molecular weight excluding hydrogens is 198 g/mol. The van der Waals surface area contributed by atoms with Crippen molar-refractivity contribution in [3.05, 3.63) is 0 Å². The Balaban J connectivity index is 2.58. The number of nitrogens with two attached hydrogens (primary N) is 1. The number of likely N-dealkylation sites (N-methyl/N-ethyl adjacent to an activating group) is 1. The van der Waals surface area contributed by atoms with Crippen LogP contribution in [0.25, 0.3) is 0 Å². The van der Waals surface area contributed by atoms with Crippen molar-refractivity contribution in [3.8, 4) is 0 Å². The molecule has 0 aliphatic heterocycles. The van der Waals surface area contributed by atoms with Gasteiger partial charge in [0.2, 0.25) is 0 Å². The molecule has 0 amide bonds. The predicted molar refractivity (Wildman–Crippen MR) is 70.6 cm³/mol. The zero-order chi connectivity index (χ0) is 12.2. The summed E-state index contributed by atoms with van der Waals surface area (Å²) >= 11 is 0. The van der Waals surface area contributed by atoms with Gasteiger partial charge in [-0.1, -0.05) is 6.92 Å². The van der Waals surface area contributed by atoms with Gasteiger partial charge in [-0.15, -0.1) is 0 Å². The summed E-state index contributed by atoms with van der Waals surface area (Å²) in [6.45, 7) is 8.86. The minimum Gasteiger partial charge on any atom is -0.329 e. The van der Waals surface area contributed by atoms with Crippen molar-refractivity contribution in [2.75, 3.05) is 40.3 Å².